The first-order chi connectivity index (χ1) is 10.3. The van der Waals surface area contributed by atoms with E-state index in [9.17, 15) is 9.50 Å². The first kappa shape index (κ1) is 13.5. The molecule has 1 heterocycles. The number of para-hydroxylation sites is 2. The van der Waals surface area contributed by atoms with E-state index in [0.29, 0.717) is 18.7 Å². The largest absolute Gasteiger partial charge is 0.505 e. The first-order valence-electron chi connectivity index (χ1n) is 6.75. The zero-order chi connectivity index (χ0) is 14.7. The fourth-order valence-corrected chi connectivity index (χ4v) is 2.34. The van der Waals surface area contributed by atoms with Crippen LogP contribution in [-0.4, -0.2) is 10.1 Å². The van der Waals surface area contributed by atoms with Gasteiger partial charge in [0.2, 0.25) is 0 Å². The number of fused-ring (bicyclic) bond motifs is 1. The standard InChI is InChI=1S/C17H15FN2O/c18-15-8-2-6-14(17(15)21)11-19-10-13-5-1-4-12-7-3-9-20-16(12)13/h1-9,19,21H,10-11H2. The van der Waals surface area contributed by atoms with Crippen molar-refractivity contribution < 1.29 is 9.50 Å². The molecule has 1 aromatic heterocycles. The third-order valence-electron chi connectivity index (χ3n) is 3.42. The number of aromatic hydroxyl groups is 1. The Balaban J connectivity index is 1.74. The number of phenolic OH excluding ortho intramolecular Hbond substituents is 1. The molecule has 2 aromatic carbocycles. The number of benzene rings is 2. The van der Waals surface area contributed by atoms with Crippen molar-refractivity contribution in [3.8, 4) is 5.75 Å². The topological polar surface area (TPSA) is 45.1 Å². The van der Waals surface area contributed by atoms with Gasteiger partial charge in [-0.25, -0.2) is 4.39 Å². The van der Waals surface area contributed by atoms with Crippen molar-refractivity contribution in [2.24, 2.45) is 0 Å². The second-order valence-corrected chi connectivity index (χ2v) is 4.84. The summed E-state index contributed by atoms with van der Waals surface area (Å²) in [4.78, 5) is 4.39. The summed E-state index contributed by atoms with van der Waals surface area (Å²) >= 11 is 0. The Morgan fingerprint density at radius 1 is 0.952 bits per heavy atom. The van der Waals surface area contributed by atoms with Gasteiger partial charge in [0.05, 0.1) is 5.52 Å². The summed E-state index contributed by atoms with van der Waals surface area (Å²) in [5.41, 5.74) is 2.57. The normalized spacial score (nSPS) is 10.9. The molecule has 106 valence electrons. The molecule has 0 saturated carbocycles. The molecule has 0 aliphatic carbocycles. The number of nitrogens with one attached hydrogen (secondary N) is 1. The molecule has 0 spiro atoms. The van der Waals surface area contributed by atoms with E-state index in [4.69, 9.17) is 0 Å². The smallest absolute Gasteiger partial charge is 0.165 e. The molecular weight excluding hydrogens is 267 g/mol. The van der Waals surface area contributed by atoms with Crippen LogP contribution in [0.25, 0.3) is 10.9 Å². The zero-order valence-corrected chi connectivity index (χ0v) is 11.4. The maximum atomic E-state index is 13.2. The molecule has 0 radical (unpaired) electrons. The second-order valence-electron chi connectivity index (χ2n) is 4.84. The van der Waals surface area contributed by atoms with Gasteiger partial charge in [-0.05, 0) is 17.7 Å². The van der Waals surface area contributed by atoms with Crippen LogP contribution in [0.5, 0.6) is 5.75 Å². The quantitative estimate of drug-likeness (QED) is 0.771. The van der Waals surface area contributed by atoms with Gasteiger partial charge in [-0.15, -0.1) is 0 Å². The average Bonchev–Trinajstić information content (AvgIpc) is 2.52. The van der Waals surface area contributed by atoms with E-state index < -0.39 is 5.82 Å². The lowest BCUT2D eigenvalue weighted by molar-refractivity contribution is 0.423. The summed E-state index contributed by atoms with van der Waals surface area (Å²) in [5.74, 6) is -0.887. The molecule has 3 aromatic rings. The highest BCUT2D eigenvalue weighted by molar-refractivity contribution is 5.81. The van der Waals surface area contributed by atoms with E-state index in [0.717, 1.165) is 16.5 Å². The first-order valence-corrected chi connectivity index (χ1v) is 6.75. The molecular formula is C17H15FN2O. The lowest BCUT2D eigenvalue weighted by Crippen LogP contribution is -2.13. The fourth-order valence-electron chi connectivity index (χ4n) is 2.34. The molecule has 21 heavy (non-hydrogen) atoms. The predicted molar refractivity (Wildman–Crippen MR) is 80.4 cm³/mol. The van der Waals surface area contributed by atoms with Crippen molar-refractivity contribution in [1.82, 2.24) is 10.3 Å². The summed E-state index contributed by atoms with van der Waals surface area (Å²) in [6.45, 7) is 0.997. The Morgan fingerprint density at radius 2 is 1.67 bits per heavy atom. The summed E-state index contributed by atoms with van der Waals surface area (Å²) < 4.78 is 13.2. The molecule has 0 atom stereocenters. The van der Waals surface area contributed by atoms with E-state index in [1.807, 2.05) is 30.3 Å². The third-order valence-corrected chi connectivity index (χ3v) is 3.42. The predicted octanol–water partition coefficient (Wildman–Crippen LogP) is 3.37. The van der Waals surface area contributed by atoms with Crippen molar-refractivity contribution in [3.05, 3.63) is 71.7 Å². The van der Waals surface area contributed by atoms with E-state index in [1.54, 1.807) is 18.3 Å². The van der Waals surface area contributed by atoms with Crippen molar-refractivity contribution >= 4 is 10.9 Å². The molecule has 0 bridgehead atoms. The lowest BCUT2D eigenvalue weighted by Gasteiger charge is -2.09. The molecule has 0 amide bonds. The average molecular weight is 282 g/mol. The second kappa shape index (κ2) is 5.89. The summed E-state index contributed by atoms with van der Waals surface area (Å²) in [7, 11) is 0. The van der Waals surface area contributed by atoms with Crippen LogP contribution in [0.4, 0.5) is 4.39 Å². The number of hydrogen-bond donors (Lipinski definition) is 2. The van der Waals surface area contributed by atoms with Gasteiger partial charge >= 0.3 is 0 Å². The van der Waals surface area contributed by atoms with Crippen LogP contribution in [0, 0.1) is 5.82 Å². The van der Waals surface area contributed by atoms with Gasteiger partial charge in [-0.2, -0.15) is 0 Å². The summed E-state index contributed by atoms with van der Waals surface area (Å²) in [6, 6.07) is 14.5. The van der Waals surface area contributed by atoms with Gasteiger partial charge in [-0.3, -0.25) is 4.98 Å². The van der Waals surface area contributed by atoms with Gasteiger partial charge < -0.3 is 10.4 Å². The van der Waals surface area contributed by atoms with E-state index in [2.05, 4.69) is 10.3 Å². The van der Waals surface area contributed by atoms with E-state index in [1.165, 1.54) is 6.07 Å². The summed E-state index contributed by atoms with van der Waals surface area (Å²) in [6.07, 6.45) is 1.77. The van der Waals surface area contributed by atoms with Crippen LogP contribution < -0.4 is 5.32 Å². The molecule has 4 heteroatoms. The molecule has 0 unspecified atom stereocenters. The number of pyridine rings is 1. The van der Waals surface area contributed by atoms with Crippen LogP contribution in [0.2, 0.25) is 0 Å². The van der Waals surface area contributed by atoms with Crippen LogP contribution in [-0.2, 0) is 13.1 Å². The fraction of sp³-hybridized carbons (Fsp3) is 0.118. The van der Waals surface area contributed by atoms with Crippen LogP contribution >= 0.6 is 0 Å². The Labute approximate surface area is 122 Å². The Hall–Kier alpha value is -2.46. The van der Waals surface area contributed by atoms with Crippen LogP contribution in [0.15, 0.2) is 54.7 Å². The highest BCUT2D eigenvalue weighted by atomic mass is 19.1. The highest BCUT2D eigenvalue weighted by Crippen LogP contribution is 2.21. The molecule has 0 fully saturated rings. The Kier molecular flexibility index (Phi) is 3.79. The molecule has 3 nitrogen and oxygen atoms in total. The minimum Gasteiger partial charge on any atom is -0.505 e. The Bertz CT molecular complexity index is 768. The van der Waals surface area contributed by atoms with Gasteiger partial charge in [0.15, 0.2) is 11.6 Å². The molecule has 0 saturated heterocycles. The maximum Gasteiger partial charge on any atom is 0.165 e. The van der Waals surface area contributed by atoms with E-state index in [-0.39, 0.29) is 5.75 Å². The van der Waals surface area contributed by atoms with Gasteiger partial charge in [0.1, 0.15) is 0 Å². The molecule has 0 aliphatic rings. The number of aromatic nitrogens is 1. The van der Waals surface area contributed by atoms with Gasteiger partial charge in [0.25, 0.3) is 0 Å². The van der Waals surface area contributed by atoms with Gasteiger partial charge in [-0.1, -0.05) is 36.4 Å². The van der Waals surface area contributed by atoms with Crippen molar-refractivity contribution in [2.75, 3.05) is 0 Å². The minimum atomic E-state index is -0.596. The maximum absolute atomic E-state index is 13.2. The van der Waals surface area contributed by atoms with Crippen molar-refractivity contribution in [1.29, 1.82) is 0 Å². The molecule has 3 rings (SSSR count). The minimum absolute atomic E-state index is 0.291. The zero-order valence-electron chi connectivity index (χ0n) is 11.4. The highest BCUT2D eigenvalue weighted by Gasteiger charge is 2.06. The molecule has 0 aliphatic heterocycles. The molecule has 2 N–H and O–H groups in total. The number of hydrogen-bond acceptors (Lipinski definition) is 3. The van der Waals surface area contributed by atoms with Crippen LogP contribution in [0.1, 0.15) is 11.1 Å². The lowest BCUT2D eigenvalue weighted by atomic mass is 10.1. The number of rotatable bonds is 4. The number of nitrogens with zero attached hydrogens (tertiary/aromatic N) is 1. The third kappa shape index (κ3) is 2.85. The van der Waals surface area contributed by atoms with E-state index >= 15 is 0 Å². The van der Waals surface area contributed by atoms with Crippen LogP contribution in [0.3, 0.4) is 0 Å². The van der Waals surface area contributed by atoms with Gasteiger partial charge in [0, 0.05) is 30.2 Å². The number of halogens is 1. The summed E-state index contributed by atoms with van der Waals surface area (Å²) in [5, 5.41) is 13.9. The monoisotopic (exact) mass is 282 g/mol. The Morgan fingerprint density at radius 3 is 2.57 bits per heavy atom. The number of phenols is 1. The van der Waals surface area contributed by atoms with Crippen molar-refractivity contribution in [3.63, 3.8) is 0 Å². The SMILES string of the molecule is Oc1c(F)cccc1CNCc1cccc2cccnc12. The van der Waals surface area contributed by atoms with Crippen molar-refractivity contribution in [2.45, 2.75) is 13.1 Å².